The van der Waals surface area contributed by atoms with Crippen molar-refractivity contribution in [3.05, 3.63) is 83.1 Å². The van der Waals surface area contributed by atoms with Crippen molar-refractivity contribution in [1.29, 1.82) is 0 Å². The lowest BCUT2D eigenvalue weighted by atomic mass is 10.1. The van der Waals surface area contributed by atoms with Gasteiger partial charge < -0.3 is 9.09 Å². The number of amides is 1. The first-order valence-corrected chi connectivity index (χ1v) is 12.6. The number of fused-ring (bicyclic) bond motifs is 1. The summed E-state index contributed by atoms with van der Waals surface area (Å²) in [7, 11) is 0. The molecule has 5 aromatic rings. The summed E-state index contributed by atoms with van der Waals surface area (Å²) in [6, 6.07) is 13.5. The van der Waals surface area contributed by atoms with E-state index in [2.05, 4.69) is 23.1 Å². The van der Waals surface area contributed by atoms with Crippen LogP contribution in [0.4, 0.5) is 5.13 Å². The molecule has 0 radical (unpaired) electrons. The molecular formula is C26H24ClN5O2S. The Labute approximate surface area is 212 Å². The van der Waals surface area contributed by atoms with E-state index < -0.39 is 0 Å². The third-order valence-corrected chi connectivity index (χ3v) is 7.28. The van der Waals surface area contributed by atoms with E-state index in [0.29, 0.717) is 39.3 Å². The Hall–Kier alpha value is -3.49. The van der Waals surface area contributed by atoms with Gasteiger partial charge in [-0.2, -0.15) is 0 Å². The first kappa shape index (κ1) is 23.3. The van der Waals surface area contributed by atoms with Crippen molar-refractivity contribution >= 4 is 44.2 Å². The van der Waals surface area contributed by atoms with Crippen molar-refractivity contribution in [3.63, 3.8) is 0 Å². The molecule has 5 rings (SSSR count). The maximum Gasteiger partial charge on any atom is 0.265 e. The van der Waals surface area contributed by atoms with E-state index in [1.807, 2.05) is 41.1 Å². The van der Waals surface area contributed by atoms with Crippen molar-refractivity contribution < 1.29 is 9.32 Å². The number of aryl methyl sites for hydroxylation is 3. The number of anilines is 1. The van der Waals surface area contributed by atoms with Crippen LogP contribution in [0.2, 0.25) is 5.02 Å². The molecule has 0 aliphatic rings. The van der Waals surface area contributed by atoms with Gasteiger partial charge in [0.05, 0.1) is 21.6 Å². The highest BCUT2D eigenvalue weighted by atomic mass is 35.5. The number of rotatable bonds is 8. The first-order chi connectivity index (χ1) is 17.1. The Bertz CT molecular complexity index is 1470. The second kappa shape index (κ2) is 10.0. The number of hydrogen-bond donors (Lipinski definition) is 0. The number of carbonyl (C=O) groups is 1. The molecule has 9 heteroatoms. The van der Waals surface area contributed by atoms with Crippen LogP contribution < -0.4 is 4.90 Å². The van der Waals surface area contributed by atoms with E-state index >= 15 is 0 Å². The Morgan fingerprint density at radius 3 is 2.83 bits per heavy atom. The number of thiazole rings is 1. The average molecular weight is 506 g/mol. The molecule has 178 valence electrons. The maximum absolute atomic E-state index is 14.1. The SMILES string of the molecule is CCc1cccc2sc(N(CCCn3ccnc3)C(=O)c3c(-c4ccccc4Cl)noc3C)nc12. The van der Waals surface area contributed by atoms with Gasteiger partial charge >= 0.3 is 0 Å². The van der Waals surface area contributed by atoms with Crippen LogP contribution in [0.5, 0.6) is 0 Å². The van der Waals surface area contributed by atoms with E-state index in [-0.39, 0.29) is 5.91 Å². The summed E-state index contributed by atoms with van der Waals surface area (Å²) < 4.78 is 8.54. The number of nitrogens with zero attached hydrogens (tertiary/aromatic N) is 5. The van der Waals surface area contributed by atoms with Gasteiger partial charge in [0.2, 0.25) is 0 Å². The van der Waals surface area contributed by atoms with Crippen LogP contribution in [0.15, 0.2) is 65.7 Å². The topological polar surface area (TPSA) is 77.0 Å². The summed E-state index contributed by atoms with van der Waals surface area (Å²) in [6.07, 6.45) is 7.04. The molecule has 0 saturated carbocycles. The summed E-state index contributed by atoms with van der Waals surface area (Å²) >= 11 is 7.96. The van der Waals surface area contributed by atoms with Crippen molar-refractivity contribution in [2.45, 2.75) is 33.2 Å². The molecule has 0 saturated heterocycles. The molecular weight excluding hydrogens is 482 g/mol. The van der Waals surface area contributed by atoms with Crippen LogP contribution in [0, 0.1) is 6.92 Å². The number of benzene rings is 2. The third-order valence-electron chi connectivity index (χ3n) is 5.91. The van der Waals surface area contributed by atoms with Crippen LogP contribution in [0.3, 0.4) is 0 Å². The van der Waals surface area contributed by atoms with Crippen LogP contribution in [-0.2, 0) is 13.0 Å². The smallest absolute Gasteiger partial charge is 0.265 e. The Kier molecular flexibility index (Phi) is 6.66. The highest BCUT2D eigenvalue weighted by molar-refractivity contribution is 7.22. The van der Waals surface area contributed by atoms with E-state index in [1.54, 1.807) is 30.4 Å². The van der Waals surface area contributed by atoms with Gasteiger partial charge in [-0.15, -0.1) is 0 Å². The lowest BCUT2D eigenvalue weighted by Crippen LogP contribution is -2.33. The van der Waals surface area contributed by atoms with E-state index in [4.69, 9.17) is 21.1 Å². The van der Waals surface area contributed by atoms with E-state index in [9.17, 15) is 4.79 Å². The summed E-state index contributed by atoms with van der Waals surface area (Å²) in [5.41, 5.74) is 3.60. The minimum absolute atomic E-state index is 0.207. The zero-order chi connectivity index (χ0) is 24.4. The van der Waals surface area contributed by atoms with Gasteiger partial charge in [0.25, 0.3) is 5.91 Å². The summed E-state index contributed by atoms with van der Waals surface area (Å²) in [6.45, 7) is 5.07. The fourth-order valence-corrected chi connectivity index (χ4v) is 5.37. The molecule has 0 spiro atoms. The van der Waals surface area contributed by atoms with Crippen molar-refractivity contribution in [2.75, 3.05) is 11.4 Å². The Morgan fingerprint density at radius 1 is 1.20 bits per heavy atom. The van der Waals surface area contributed by atoms with Gasteiger partial charge in [-0.1, -0.05) is 65.3 Å². The number of hydrogen-bond acceptors (Lipinski definition) is 6. The van der Waals surface area contributed by atoms with Crippen LogP contribution in [-0.4, -0.2) is 32.1 Å². The summed E-state index contributed by atoms with van der Waals surface area (Å²) in [5.74, 6) is 0.237. The Balaban J connectivity index is 1.55. The summed E-state index contributed by atoms with van der Waals surface area (Å²) in [4.78, 5) is 24.8. The second-order valence-electron chi connectivity index (χ2n) is 8.17. The zero-order valence-corrected chi connectivity index (χ0v) is 21.0. The number of imidazole rings is 1. The molecule has 0 aliphatic carbocycles. The van der Waals surface area contributed by atoms with Crippen LogP contribution in [0.1, 0.15) is 35.0 Å². The predicted octanol–water partition coefficient (Wildman–Crippen LogP) is 6.41. The van der Waals surface area contributed by atoms with Crippen molar-refractivity contribution in [1.82, 2.24) is 19.7 Å². The largest absolute Gasteiger partial charge is 0.360 e. The molecule has 0 N–H and O–H groups in total. The molecule has 0 bridgehead atoms. The lowest BCUT2D eigenvalue weighted by molar-refractivity contribution is 0.0985. The molecule has 0 fully saturated rings. The monoisotopic (exact) mass is 505 g/mol. The quantitative estimate of drug-likeness (QED) is 0.243. The molecule has 3 aromatic heterocycles. The van der Waals surface area contributed by atoms with Crippen molar-refractivity contribution in [2.24, 2.45) is 0 Å². The number of carbonyl (C=O) groups excluding carboxylic acids is 1. The fraction of sp³-hybridized carbons (Fsp3) is 0.231. The van der Waals surface area contributed by atoms with Gasteiger partial charge in [0.15, 0.2) is 5.13 Å². The highest BCUT2D eigenvalue weighted by Crippen LogP contribution is 2.35. The second-order valence-corrected chi connectivity index (χ2v) is 9.58. The van der Waals surface area contributed by atoms with Gasteiger partial charge in [0, 0.05) is 31.0 Å². The Morgan fingerprint density at radius 2 is 2.06 bits per heavy atom. The molecule has 0 atom stereocenters. The standard InChI is InChI=1S/C26H24ClN5O2S/c1-3-18-8-6-11-21-23(18)29-26(35-21)32(14-7-13-31-15-12-28-16-31)25(33)22-17(2)34-30-24(22)19-9-4-5-10-20(19)27/h4-6,8-12,15-16H,3,7,13-14H2,1-2H3. The minimum Gasteiger partial charge on any atom is -0.360 e. The van der Waals surface area contributed by atoms with Gasteiger partial charge in [-0.25, -0.2) is 9.97 Å². The first-order valence-electron chi connectivity index (χ1n) is 11.4. The third kappa shape index (κ3) is 4.59. The van der Waals surface area contributed by atoms with E-state index in [1.165, 1.54) is 11.3 Å². The van der Waals surface area contributed by atoms with Crippen LogP contribution >= 0.6 is 22.9 Å². The zero-order valence-electron chi connectivity index (χ0n) is 19.4. The molecule has 1 amide bonds. The molecule has 0 unspecified atom stereocenters. The predicted molar refractivity (Wildman–Crippen MR) is 139 cm³/mol. The molecule has 35 heavy (non-hydrogen) atoms. The molecule has 0 aliphatic heterocycles. The average Bonchev–Trinajstić information content (AvgIpc) is 3.61. The molecule has 7 nitrogen and oxygen atoms in total. The summed E-state index contributed by atoms with van der Waals surface area (Å²) in [5, 5.41) is 5.36. The molecule has 2 aromatic carbocycles. The fourth-order valence-electron chi connectivity index (χ4n) is 4.11. The van der Waals surface area contributed by atoms with Gasteiger partial charge in [-0.3, -0.25) is 9.69 Å². The molecule has 3 heterocycles. The van der Waals surface area contributed by atoms with Gasteiger partial charge in [0.1, 0.15) is 17.0 Å². The minimum atomic E-state index is -0.207. The van der Waals surface area contributed by atoms with E-state index in [0.717, 1.165) is 35.2 Å². The van der Waals surface area contributed by atoms with Gasteiger partial charge in [-0.05, 0) is 37.5 Å². The normalized spacial score (nSPS) is 11.3. The maximum atomic E-state index is 14.1. The number of para-hydroxylation sites is 1. The van der Waals surface area contributed by atoms with Crippen LogP contribution in [0.25, 0.3) is 21.5 Å². The van der Waals surface area contributed by atoms with Crippen molar-refractivity contribution in [3.8, 4) is 11.3 Å². The number of halogens is 1. The number of aromatic nitrogens is 4. The highest BCUT2D eigenvalue weighted by Gasteiger charge is 2.29. The lowest BCUT2D eigenvalue weighted by Gasteiger charge is -2.20.